The maximum Gasteiger partial charge on any atom is 0.433 e. The zero-order valence-corrected chi connectivity index (χ0v) is 14.0. The molecule has 0 aromatic carbocycles. The number of pyridine rings is 2. The second-order valence-corrected chi connectivity index (χ2v) is 6.20. The normalized spacial score (nSPS) is 15.0. The van der Waals surface area contributed by atoms with Crippen LogP contribution in [0.4, 0.5) is 13.2 Å². The minimum atomic E-state index is -4.49. The number of aromatic nitrogens is 4. The summed E-state index contributed by atoms with van der Waals surface area (Å²) in [6.45, 7) is 4.44. The average molecular weight is 373 g/mol. The van der Waals surface area contributed by atoms with Crippen molar-refractivity contribution in [3.8, 4) is 11.3 Å². The molecule has 1 saturated heterocycles. The first-order chi connectivity index (χ1) is 12.9. The van der Waals surface area contributed by atoms with E-state index in [1.54, 1.807) is 21.8 Å². The van der Waals surface area contributed by atoms with Crippen LogP contribution in [0, 0.1) is 0 Å². The summed E-state index contributed by atoms with van der Waals surface area (Å²) in [5, 5.41) is 4.56. The van der Waals surface area contributed by atoms with E-state index >= 15 is 0 Å². The van der Waals surface area contributed by atoms with Gasteiger partial charge in [0.05, 0.1) is 11.6 Å². The summed E-state index contributed by atoms with van der Waals surface area (Å²) in [5.74, 6) is -0.145. The fourth-order valence-electron chi connectivity index (χ4n) is 3.07. The van der Waals surface area contributed by atoms with Crippen LogP contribution in [0.25, 0.3) is 22.3 Å². The molecule has 4 rings (SSSR count). The van der Waals surface area contributed by atoms with Gasteiger partial charge in [-0.25, -0.2) is 0 Å². The number of carbonyl (C=O) groups excluding carboxylic acids is 1. The largest absolute Gasteiger partial charge is 0.433 e. The maximum absolute atomic E-state index is 12.7. The molecule has 27 heavy (non-hydrogen) atoms. The van der Waals surface area contributed by atoms with Crippen molar-refractivity contribution < 1.29 is 18.0 Å². The van der Waals surface area contributed by atoms with Gasteiger partial charge in [0, 0.05) is 31.0 Å². The van der Waals surface area contributed by atoms with Crippen LogP contribution in [0.3, 0.4) is 0 Å². The smallest absolute Gasteiger partial charge is 0.335 e. The maximum atomic E-state index is 12.7. The van der Waals surface area contributed by atoms with Crippen LogP contribution in [-0.2, 0) is 11.0 Å². The molecule has 0 bridgehead atoms. The highest BCUT2D eigenvalue weighted by atomic mass is 19.4. The summed E-state index contributed by atoms with van der Waals surface area (Å²) in [7, 11) is 0. The Morgan fingerprint density at radius 1 is 1.22 bits per heavy atom. The van der Waals surface area contributed by atoms with Gasteiger partial charge in [0.15, 0.2) is 0 Å². The van der Waals surface area contributed by atoms with Gasteiger partial charge in [-0.2, -0.15) is 18.3 Å². The third-order valence-corrected chi connectivity index (χ3v) is 4.49. The number of nitrogens with zero attached hydrogens (tertiary/aromatic N) is 5. The van der Waals surface area contributed by atoms with Crippen LogP contribution in [0.2, 0.25) is 0 Å². The Labute approximate surface area is 151 Å². The highest BCUT2D eigenvalue weighted by molar-refractivity contribution is 5.90. The van der Waals surface area contributed by atoms with Crippen molar-refractivity contribution in [2.24, 2.45) is 0 Å². The van der Waals surface area contributed by atoms with E-state index in [1.165, 1.54) is 12.1 Å². The van der Waals surface area contributed by atoms with Crippen LogP contribution in [0.1, 0.15) is 11.7 Å². The number of amides is 1. The first-order valence-corrected chi connectivity index (χ1v) is 8.16. The van der Waals surface area contributed by atoms with Gasteiger partial charge in [-0.15, -0.1) is 0 Å². The predicted octanol–water partition coefficient (Wildman–Crippen LogP) is 3.08. The van der Waals surface area contributed by atoms with Gasteiger partial charge >= 0.3 is 6.18 Å². The van der Waals surface area contributed by atoms with Crippen molar-refractivity contribution in [3.05, 3.63) is 55.0 Å². The van der Waals surface area contributed by atoms with Crippen LogP contribution in [0.15, 0.2) is 49.3 Å². The first-order valence-electron chi connectivity index (χ1n) is 8.16. The van der Waals surface area contributed by atoms with Crippen molar-refractivity contribution in [2.75, 3.05) is 13.1 Å². The highest BCUT2D eigenvalue weighted by Crippen LogP contribution is 2.33. The lowest BCUT2D eigenvalue weighted by Crippen LogP contribution is -2.50. The van der Waals surface area contributed by atoms with E-state index in [2.05, 4.69) is 21.6 Å². The van der Waals surface area contributed by atoms with Crippen LogP contribution < -0.4 is 0 Å². The summed E-state index contributed by atoms with van der Waals surface area (Å²) in [5.41, 5.74) is 1.28. The molecule has 3 aromatic rings. The summed E-state index contributed by atoms with van der Waals surface area (Å²) in [4.78, 5) is 21.1. The zero-order valence-electron chi connectivity index (χ0n) is 14.0. The minimum Gasteiger partial charge on any atom is -0.335 e. The summed E-state index contributed by atoms with van der Waals surface area (Å²) < 4.78 is 40.0. The summed E-state index contributed by atoms with van der Waals surface area (Å²) in [6, 6.07) is 5.84. The molecule has 0 saturated carbocycles. The van der Waals surface area contributed by atoms with Crippen LogP contribution in [-0.4, -0.2) is 43.6 Å². The van der Waals surface area contributed by atoms with Crippen molar-refractivity contribution in [2.45, 2.75) is 12.2 Å². The van der Waals surface area contributed by atoms with Gasteiger partial charge in [0.2, 0.25) is 5.91 Å². The molecule has 138 valence electrons. The molecule has 1 amide bonds. The Balaban J connectivity index is 1.71. The second kappa shape index (κ2) is 6.19. The van der Waals surface area contributed by atoms with E-state index in [9.17, 15) is 18.0 Å². The van der Waals surface area contributed by atoms with E-state index < -0.39 is 11.9 Å². The van der Waals surface area contributed by atoms with E-state index in [0.29, 0.717) is 29.9 Å². The molecule has 3 aromatic heterocycles. The van der Waals surface area contributed by atoms with Crippen LogP contribution in [0.5, 0.6) is 0 Å². The lowest BCUT2D eigenvalue weighted by atomic mass is 10.1. The Bertz CT molecular complexity index is 1020. The third kappa shape index (κ3) is 2.94. The molecule has 0 spiro atoms. The topological polar surface area (TPSA) is 63.9 Å². The molecule has 6 nitrogen and oxygen atoms in total. The highest BCUT2D eigenvalue weighted by Gasteiger charge is 2.34. The molecule has 0 aliphatic carbocycles. The SMILES string of the molecule is C=CC(=O)N1CC(n2nc(-c3ccc(C(F)(F)F)nc3)c3ncccc32)C1. The van der Waals surface area contributed by atoms with Crippen molar-refractivity contribution in [1.82, 2.24) is 24.6 Å². The lowest BCUT2D eigenvalue weighted by Gasteiger charge is -2.38. The van der Waals surface area contributed by atoms with Crippen molar-refractivity contribution in [3.63, 3.8) is 0 Å². The molecular weight excluding hydrogens is 359 g/mol. The van der Waals surface area contributed by atoms with Gasteiger partial charge in [-0.3, -0.25) is 19.4 Å². The first kappa shape index (κ1) is 17.2. The number of rotatable bonds is 3. The molecule has 1 fully saturated rings. The van der Waals surface area contributed by atoms with Crippen molar-refractivity contribution in [1.29, 1.82) is 0 Å². The minimum absolute atomic E-state index is 0.0308. The number of alkyl halides is 3. The zero-order chi connectivity index (χ0) is 19.2. The monoisotopic (exact) mass is 373 g/mol. The molecule has 1 aliphatic heterocycles. The number of carbonyl (C=O) groups is 1. The third-order valence-electron chi connectivity index (χ3n) is 4.49. The van der Waals surface area contributed by atoms with Gasteiger partial charge in [-0.1, -0.05) is 6.58 Å². The molecule has 0 atom stereocenters. The van der Waals surface area contributed by atoms with Gasteiger partial charge in [-0.05, 0) is 30.3 Å². The van der Waals surface area contributed by atoms with Crippen molar-refractivity contribution >= 4 is 16.9 Å². The standard InChI is InChI=1S/C18H14F3N5O/c1-2-15(27)25-9-12(10-25)26-13-4-3-7-22-17(13)16(24-26)11-5-6-14(23-8-11)18(19,20)21/h2-8,12H,1,9-10H2. The number of hydrogen-bond acceptors (Lipinski definition) is 4. The van der Waals surface area contributed by atoms with Gasteiger partial charge in [0.1, 0.15) is 16.9 Å². The summed E-state index contributed by atoms with van der Waals surface area (Å²) >= 11 is 0. The Hall–Kier alpha value is -3.23. The Kier molecular flexibility index (Phi) is 3.94. The molecule has 0 unspecified atom stereocenters. The Morgan fingerprint density at radius 2 is 2.00 bits per heavy atom. The van der Waals surface area contributed by atoms with E-state index in [4.69, 9.17) is 0 Å². The molecule has 4 heterocycles. The fourth-order valence-corrected chi connectivity index (χ4v) is 3.07. The predicted molar refractivity (Wildman–Crippen MR) is 91.6 cm³/mol. The number of halogens is 3. The van der Waals surface area contributed by atoms with E-state index in [1.807, 2.05) is 6.07 Å². The summed E-state index contributed by atoms with van der Waals surface area (Å²) in [6.07, 6.45) is -0.481. The molecule has 0 radical (unpaired) electrons. The lowest BCUT2D eigenvalue weighted by molar-refractivity contribution is -0.141. The molecule has 1 aliphatic rings. The van der Waals surface area contributed by atoms with Gasteiger partial charge < -0.3 is 4.90 Å². The van der Waals surface area contributed by atoms with Crippen LogP contribution >= 0.6 is 0 Å². The average Bonchev–Trinajstić information content (AvgIpc) is 2.99. The molecule has 0 N–H and O–H groups in total. The van der Waals surface area contributed by atoms with Gasteiger partial charge in [0.25, 0.3) is 0 Å². The second-order valence-electron chi connectivity index (χ2n) is 6.20. The van der Waals surface area contributed by atoms with E-state index in [0.717, 1.165) is 17.8 Å². The number of likely N-dealkylation sites (tertiary alicyclic amines) is 1. The molecular formula is C18H14F3N5O. The fraction of sp³-hybridized carbons (Fsp3) is 0.222. The quantitative estimate of drug-likeness (QED) is 0.662. The number of hydrogen-bond donors (Lipinski definition) is 0. The Morgan fingerprint density at radius 3 is 2.63 bits per heavy atom. The van der Waals surface area contributed by atoms with E-state index in [-0.39, 0.29) is 11.9 Å². The number of fused-ring (bicyclic) bond motifs is 1. The molecule has 9 heteroatoms.